The van der Waals surface area contributed by atoms with Crippen LogP contribution in [0.5, 0.6) is 11.5 Å². The van der Waals surface area contributed by atoms with Crippen LogP contribution in [0.15, 0.2) is 63.5 Å². The lowest BCUT2D eigenvalue weighted by Gasteiger charge is -2.37. The number of rotatable bonds is 6. The van der Waals surface area contributed by atoms with Crippen molar-refractivity contribution in [3.63, 3.8) is 0 Å². The molecule has 0 unspecified atom stereocenters. The molecule has 0 saturated carbocycles. The number of hydrogen-bond acceptors (Lipinski definition) is 6. The molecule has 1 aliphatic heterocycles. The normalized spacial score (nSPS) is 18.0. The first-order valence-electron chi connectivity index (χ1n) is 11.1. The molecule has 0 radical (unpaired) electrons. The van der Waals surface area contributed by atoms with Crippen molar-refractivity contribution in [1.82, 2.24) is 4.90 Å². The van der Waals surface area contributed by atoms with Gasteiger partial charge in [0.25, 0.3) is 0 Å². The fraction of sp³-hybridized carbons (Fsp3) is 0.308. The molecular formula is C26H25BrClN3O3. The maximum absolute atomic E-state index is 13.0. The monoisotopic (exact) mass is 541 g/mol. The summed E-state index contributed by atoms with van der Waals surface area (Å²) in [6.07, 6.45) is 1.98. The fourth-order valence-corrected chi connectivity index (χ4v) is 5.19. The van der Waals surface area contributed by atoms with Crippen LogP contribution in [-0.4, -0.2) is 24.3 Å². The third kappa shape index (κ3) is 4.53. The fourth-order valence-electron chi connectivity index (χ4n) is 4.49. The largest absolute Gasteiger partial charge is 0.490 e. The number of ether oxygens (including phenoxy) is 2. The molecule has 2 aliphatic rings. The summed E-state index contributed by atoms with van der Waals surface area (Å²) in [6.45, 7) is 2.65. The lowest BCUT2D eigenvalue weighted by Crippen LogP contribution is -2.36. The molecule has 2 aromatic rings. The van der Waals surface area contributed by atoms with E-state index >= 15 is 0 Å². The van der Waals surface area contributed by atoms with E-state index in [2.05, 4.69) is 22.0 Å². The van der Waals surface area contributed by atoms with Gasteiger partial charge in [-0.05, 0) is 71.1 Å². The van der Waals surface area contributed by atoms with Gasteiger partial charge in [-0.2, -0.15) is 5.26 Å². The van der Waals surface area contributed by atoms with E-state index in [-0.39, 0.29) is 5.78 Å². The molecule has 0 saturated heterocycles. The van der Waals surface area contributed by atoms with Gasteiger partial charge in [0.1, 0.15) is 12.4 Å². The Morgan fingerprint density at radius 3 is 2.65 bits per heavy atom. The van der Waals surface area contributed by atoms with Gasteiger partial charge in [-0.1, -0.05) is 23.7 Å². The quantitative estimate of drug-likeness (QED) is 0.495. The number of halogens is 2. The Labute approximate surface area is 212 Å². The maximum atomic E-state index is 13.0. The van der Waals surface area contributed by atoms with Crippen LogP contribution < -0.4 is 15.2 Å². The highest BCUT2D eigenvalue weighted by Gasteiger charge is 2.39. The van der Waals surface area contributed by atoms with E-state index in [0.29, 0.717) is 57.6 Å². The number of allylic oxidation sites excluding steroid dienone is 3. The molecule has 176 valence electrons. The van der Waals surface area contributed by atoms with Crippen molar-refractivity contribution in [3.05, 3.63) is 79.7 Å². The van der Waals surface area contributed by atoms with Crippen LogP contribution in [0.25, 0.3) is 0 Å². The molecule has 4 rings (SSSR count). The topological polar surface area (TPSA) is 88.6 Å². The summed E-state index contributed by atoms with van der Waals surface area (Å²) >= 11 is 9.60. The van der Waals surface area contributed by atoms with Gasteiger partial charge in [0.2, 0.25) is 0 Å². The summed E-state index contributed by atoms with van der Waals surface area (Å²) < 4.78 is 12.7. The van der Waals surface area contributed by atoms with Crippen LogP contribution in [0.1, 0.15) is 43.2 Å². The van der Waals surface area contributed by atoms with Crippen LogP contribution in [0.2, 0.25) is 5.02 Å². The highest BCUT2D eigenvalue weighted by Crippen LogP contribution is 2.47. The van der Waals surface area contributed by atoms with Crippen molar-refractivity contribution in [3.8, 4) is 17.6 Å². The van der Waals surface area contributed by atoms with Gasteiger partial charge < -0.3 is 20.1 Å². The first kappa shape index (κ1) is 24.2. The molecule has 6 nitrogen and oxygen atoms in total. The number of hydrogen-bond donors (Lipinski definition) is 1. The lowest BCUT2D eigenvalue weighted by atomic mass is 9.76. The molecule has 2 aromatic carbocycles. The Morgan fingerprint density at radius 1 is 1.24 bits per heavy atom. The van der Waals surface area contributed by atoms with E-state index in [1.54, 1.807) is 4.90 Å². The third-order valence-electron chi connectivity index (χ3n) is 6.13. The summed E-state index contributed by atoms with van der Waals surface area (Å²) in [5.74, 6) is 0.951. The number of nitriles is 1. The van der Waals surface area contributed by atoms with Gasteiger partial charge in [-0.25, -0.2) is 0 Å². The van der Waals surface area contributed by atoms with Crippen LogP contribution in [0.4, 0.5) is 0 Å². The summed E-state index contributed by atoms with van der Waals surface area (Å²) in [7, 11) is 1.81. The molecule has 0 bridgehead atoms. The Balaban J connectivity index is 1.77. The Bertz CT molecular complexity index is 1230. The average molecular weight is 543 g/mol. The zero-order valence-corrected chi connectivity index (χ0v) is 21.4. The van der Waals surface area contributed by atoms with Crippen LogP contribution in [0.3, 0.4) is 0 Å². The SMILES string of the molecule is CCOc1cc([C@H]2C(C#N)=C(N)N(C)C3=C2C(=O)CCC3)cc(Br)c1OCc1ccc(Cl)cc1. The van der Waals surface area contributed by atoms with Gasteiger partial charge in [0.05, 0.1) is 28.6 Å². The van der Waals surface area contributed by atoms with Crippen LogP contribution in [0, 0.1) is 11.3 Å². The Morgan fingerprint density at radius 2 is 1.97 bits per heavy atom. The molecule has 0 fully saturated rings. The second kappa shape index (κ2) is 10.1. The number of ketones is 1. The standard InChI is InChI=1S/C26H25BrClN3O3/c1-3-33-22-12-16(11-19(27)25(22)34-14-15-7-9-17(28)10-8-15)23-18(13-29)26(30)31(2)20-5-4-6-21(32)24(20)23/h7-12,23H,3-6,14,30H2,1-2H3/t23-/m0/s1. The van der Waals surface area contributed by atoms with E-state index < -0.39 is 5.92 Å². The Hall–Kier alpha value is -2.95. The van der Waals surface area contributed by atoms with Gasteiger partial charge >= 0.3 is 0 Å². The number of nitrogens with two attached hydrogens (primary N) is 1. The van der Waals surface area contributed by atoms with Crippen molar-refractivity contribution in [1.29, 1.82) is 5.26 Å². The zero-order chi connectivity index (χ0) is 24.4. The number of nitrogens with zero attached hydrogens (tertiary/aromatic N) is 2. The van der Waals surface area contributed by atoms with Gasteiger partial charge in [0.15, 0.2) is 17.3 Å². The van der Waals surface area contributed by atoms with E-state index in [0.717, 1.165) is 29.7 Å². The zero-order valence-electron chi connectivity index (χ0n) is 19.0. The van der Waals surface area contributed by atoms with E-state index in [4.69, 9.17) is 26.8 Å². The summed E-state index contributed by atoms with van der Waals surface area (Å²) in [6, 6.07) is 13.4. The van der Waals surface area contributed by atoms with Crippen LogP contribution in [-0.2, 0) is 11.4 Å². The number of benzene rings is 2. The van der Waals surface area contributed by atoms with Crippen molar-refractivity contribution in [2.24, 2.45) is 5.73 Å². The highest BCUT2D eigenvalue weighted by molar-refractivity contribution is 9.10. The molecule has 8 heteroatoms. The van der Waals surface area contributed by atoms with Crippen molar-refractivity contribution in [2.75, 3.05) is 13.7 Å². The lowest BCUT2D eigenvalue weighted by molar-refractivity contribution is -0.116. The summed E-state index contributed by atoms with van der Waals surface area (Å²) in [4.78, 5) is 14.8. The minimum Gasteiger partial charge on any atom is -0.490 e. The minimum atomic E-state index is -0.551. The maximum Gasteiger partial charge on any atom is 0.175 e. The predicted molar refractivity (Wildman–Crippen MR) is 134 cm³/mol. The van der Waals surface area contributed by atoms with Crippen molar-refractivity contribution in [2.45, 2.75) is 38.7 Å². The second-order valence-electron chi connectivity index (χ2n) is 8.22. The molecule has 0 amide bonds. The van der Waals surface area contributed by atoms with E-state index in [1.807, 2.05) is 50.4 Å². The van der Waals surface area contributed by atoms with Gasteiger partial charge in [0, 0.05) is 29.8 Å². The van der Waals surface area contributed by atoms with Gasteiger partial charge in [-0.15, -0.1) is 0 Å². The summed E-state index contributed by atoms with van der Waals surface area (Å²) in [5, 5.41) is 10.6. The molecule has 0 aromatic heterocycles. The smallest absolute Gasteiger partial charge is 0.175 e. The molecule has 0 spiro atoms. The van der Waals surface area contributed by atoms with Gasteiger partial charge in [-0.3, -0.25) is 4.79 Å². The number of carbonyl (C=O) groups excluding carboxylic acids is 1. The number of Topliss-reactive ketones (excluding diaryl/α,β-unsaturated/α-hetero) is 1. The van der Waals surface area contributed by atoms with E-state index in [9.17, 15) is 10.1 Å². The first-order chi connectivity index (χ1) is 16.3. The molecule has 2 N–H and O–H groups in total. The Kier molecular flexibility index (Phi) is 7.20. The minimum absolute atomic E-state index is 0.0514. The molecular weight excluding hydrogens is 518 g/mol. The predicted octanol–water partition coefficient (Wildman–Crippen LogP) is 5.81. The number of carbonyl (C=O) groups is 1. The molecule has 1 aliphatic carbocycles. The van der Waals surface area contributed by atoms with Crippen molar-refractivity contribution < 1.29 is 14.3 Å². The molecule has 1 heterocycles. The molecule has 34 heavy (non-hydrogen) atoms. The van der Waals surface area contributed by atoms with Crippen molar-refractivity contribution >= 4 is 33.3 Å². The second-order valence-corrected chi connectivity index (χ2v) is 9.51. The van der Waals surface area contributed by atoms with Crippen LogP contribution >= 0.6 is 27.5 Å². The summed E-state index contributed by atoms with van der Waals surface area (Å²) in [5.41, 5.74) is 9.96. The average Bonchev–Trinajstić information content (AvgIpc) is 2.82. The first-order valence-corrected chi connectivity index (χ1v) is 12.3. The highest BCUT2D eigenvalue weighted by atomic mass is 79.9. The van der Waals surface area contributed by atoms with E-state index in [1.165, 1.54) is 0 Å². The molecule has 1 atom stereocenters. The third-order valence-corrected chi connectivity index (χ3v) is 6.97.